The number of carbonyl (C=O) groups is 13. The van der Waals surface area contributed by atoms with Gasteiger partial charge in [-0.3, -0.25) is 62.3 Å². The first-order valence-electron chi connectivity index (χ1n) is 23.6. The number of rotatable bonds is 36. The maximum Gasteiger partial charge on any atom is 0.303 e. The van der Waals surface area contributed by atoms with Gasteiger partial charge in [0.05, 0.1) is 18.9 Å². The molecule has 20 N–H and O–H groups in total. The second-order valence-corrected chi connectivity index (χ2v) is 18.3. The van der Waals surface area contributed by atoms with E-state index in [1.54, 1.807) is 27.7 Å². The molecule has 0 aliphatic carbocycles. The Morgan fingerprint density at radius 1 is 0.472 bits per heavy atom. The lowest BCUT2D eigenvalue weighted by Crippen LogP contribution is -2.61. The Labute approximate surface area is 417 Å². The molecule has 10 atom stereocenters. The lowest BCUT2D eigenvalue weighted by atomic mass is 9.97. The van der Waals surface area contributed by atoms with Crippen LogP contribution in [0.3, 0.4) is 0 Å². The van der Waals surface area contributed by atoms with Gasteiger partial charge in [0, 0.05) is 12.8 Å². The van der Waals surface area contributed by atoms with Crippen LogP contribution < -0.4 is 71.2 Å². The summed E-state index contributed by atoms with van der Waals surface area (Å²) in [6.07, 6.45) is -3.19. The van der Waals surface area contributed by atoms with E-state index in [1.807, 2.05) is 13.8 Å². The number of unbranched alkanes of at least 4 members (excludes halogenated alkanes) is 1. The number of aliphatic carboxylic acids is 2. The summed E-state index contributed by atoms with van der Waals surface area (Å²) in [5.74, 6) is -14.9. The SMILES string of the molecule is CC[C@H](C)[C@H](NC(=O)[C@H](C)NC(=O)[C@@H](NC(=O)[C@@H](N)CC(C)C)C(C)C)C(=O)N[C@@H](CCC(=O)O)C(=O)N[C@@H](CC(N)=O)C(=O)N[C@@H](CCCCN)C(=O)N[C@@H](CC(N)=O)C(=O)N[C@@H](CCC(=O)O)C(N)=O. The lowest BCUT2D eigenvalue weighted by molar-refractivity contribution is -0.139. The predicted octanol–water partition coefficient (Wildman–Crippen LogP) is -4.95. The summed E-state index contributed by atoms with van der Waals surface area (Å²) < 4.78 is 0. The van der Waals surface area contributed by atoms with Crippen LogP contribution in [-0.2, 0) is 62.3 Å². The van der Waals surface area contributed by atoms with E-state index in [-0.39, 0.29) is 31.7 Å². The highest BCUT2D eigenvalue weighted by molar-refractivity contribution is 6.00. The van der Waals surface area contributed by atoms with Crippen molar-refractivity contribution in [3.05, 3.63) is 0 Å². The molecule has 0 aromatic carbocycles. The third kappa shape index (κ3) is 25.2. The zero-order valence-corrected chi connectivity index (χ0v) is 42.0. The summed E-state index contributed by atoms with van der Waals surface area (Å²) >= 11 is 0. The van der Waals surface area contributed by atoms with Gasteiger partial charge in [-0.2, -0.15) is 0 Å². The molecule has 0 bridgehead atoms. The molecule has 0 radical (unpaired) electrons. The molecule has 0 saturated heterocycles. The normalized spacial score (nSPS) is 15.3. The Kier molecular flexibility index (Phi) is 29.6. The first kappa shape index (κ1) is 65.0. The maximum absolute atomic E-state index is 13.9. The molecule has 0 aliphatic rings. The topological polar surface area (TPSA) is 489 Å². The largest absolute Gasteiger partial charge is 0.481 e. The molecule has 0 aromatic rings. The molecule has 0 spiro atoms. The summed E-state index contributed by atoms with van der Waals surface area (Å²) in [4.78, 5) is 167. The van der Waals surface area contributed by atoms with Crippen LogP contribution in [0.1, 0.15) is 119 Å². The molecular formula is C44H77N13O15. The number of nitrogens with one attached hydrogen (secondary N) is 8. The van der Waals surface area contributed by atoms with Crippen molar-refractivity contribution in [1.29, 1.82) is 0 Å². The van der Waals surface area contributed by atoms with E-state index in [0.717, 1.165) is 0 Å². The van der Waals surface area contributed by atoms with Crippen LogP contribution in [0, 0.1) is 17.8 Å². The fourth-order valence-corrected chi connectivity index (χ4v) is 6.78. The number of carboxylic acids is 2. The molecule has 0 aromatic heterocycles. The van der Waals surface area contributed by atoms with Crippen molar-refractivity contribution in [2.45, 2.75) is 173 Å². The van der Waals surface area contributed by atoms with E-state index in [9.17, 15) is 67.4 Å². The van der Waals surface area contributed by atoms with Crippen LogP contribution in [0.4, 0.5) is 0 Å². The van der Waals surface area contributed by atoms with E-state index in [0.29, 0.717) is 12.8 Å². The van der Waals surface area contributed by atoms with E-state index >= 15 is 0 Å². The Balaban J connectivity index is 6.59. The van der Waals surface area contributed by atoms with Gasteiger partial charge >= 0.3 is 11.9 Å². The Morgan fingerprint density at radius 2 is 0.875 bits per heavy atom. The number of hydrogen-bond acceptors (Lipinski definition) is 15. The third-order valence-corrected chi connectivity index (χ3v) is 11.1. The monoisotopic (exact) mass is 1030 g/mol. The number of amides is 11. The van der Waals surface area contributed by atoms with Gasteiger partial charge in [0.15, 0.2) is 0 Å². The number of hydrogen-bond donors (Lipinski definition) is 15. The van der Waals surface area contributed by atoms with Crippen LogP contribution in [0.5, 0.6) is 0 Å². The molecule has 28 nitrogen and oxygen atoms in total. The summed E-state index contributed by atoms with van der Waals surface area (Å²) in [5.41, 5.74) is 27.6. The van der Waals surface area contributed by atoms with Crippen LogP contribution in [-0.4, -0.2) is 148 Å². The number of primary amides is 3. The predicted molar refractivity (Wildman–Crippen MR) is 256 cm³/mol. The van der Waals surface area contributed by atoms with Crippen LogP contribution in [0.2, 0.25) is 0 Å². The van der Waals surface area contributed by atoms with E-state index in [2.05, 4.69) is 42.5 Å². The highest BCUT2D eigenvalue weighted by atomic mass is 16.4. The second-order valence-electron chi connectivity index (χ2n) is 18.3. The first-order valence-corrected chi connectivity index (χ1v) is 23.6. The van der Waals surface area contributed by atoms with Gasteiger partial charge in [-0.15, -0.1) is 0 Å². The molecule has 11 amide bonds. The fraction of sp³-hybridized carbons (Fsp3) is 0.705. The molecule has 28 heteroatoms. The highest BCUT2D eigenvalue weighted by Crippen LogP contribution is 2.12. The quantitative estimate of drug-likeness (QED) is 0.0262. The molecule has 0 aliphatic heterocycles. The van der Waals surface area contributed by atoms with Gasteiger partial charge in [0.25, 0.3) is 0 Å². The average Bonchev–Trinajstić information content (AvgIpc) is 3.27. The molecule has 0 rings (SSSR count). The van der Waals surface area contributed by atoms with E-state index in [1.165, 1.54) is 6.92 Å². The fourth-order valence-electron chi connectivity index (χ4n) is 6.78. The number of carboxylic acid groups (broad SMARTS) is 2. The summed E-state index contributed by atoms with van der Waals surface area (Å²) in [6.45, 7) is 11.8. The van der Waals surface area contributed by atoms with Crippen molar-refractivity contribution in [2.24, 2.45) is 46.4 Å². The standard InChI is InChI=1S/C44H77N13O15/c1-8-22(6)35(57-37(65)23(7)50-43(71)34(21(4)5)56-38(66)24(46)17-20(2)3)44(72)53-27(13-15-33(62)63)40(68)55-29(19-31(48)59)42(70)52-26(11-9-10-16-45)39(67)54-28(18-30(47)58)41(69)51-25(36(49)64)12-14-32(60)61/h20-29,34-35H,8-19,45-46H2,1-7H3,(H2,47,58)(H2,48,59)(H2,49,64)(H,50,71)(H,51,69)(H,52,70)(H,53,72)(H,54,67)(H,55,68)(H,56,66)(H,57,65)(H,60,61)(H,62,63)/t22-,23-,24-,25-,26-,27-,28-,29-,34-,35-/m0/s1. The van der Waals surface area contributed by atoms with Crippen LogP contribution in [0.25, 0.3) is 0 Å². The summed E-state index contributed by atoms with van der Waals surface area (Å²) in [5, 5.41) is 37.6. The van der Waals surface area contributed by atoms with Crippen LogP contribution >= 0.6 is 0 Å². The molecule has 0 heterocycles. The zero-order chi connectivity index (χ0) is 55.6. The zero-order valence-electron chi connectivity index (χ0n) is 42.0. The average molecular weight is 1030 g/mol. The Morgan fingerprint density at radius 3 is 1.29 bits per heavy atom. The minimum atomic E-state index is -1.89. The summed E-state index contributed by atoms with van der Waals surface area (Å²) in [6, 6.07) is -13.2. The van der Waals surface area contributed by atoms with Crippen molar-refractivity contribution < 1.29 is 72.5 Å². The maximum atomic E-state index is 13.9. The minimum absolute atomic E-state index is 0.0951. The Bertz CT molecular complexity index is 1940. The molecular weight excluding hydrogens is 951 g/mol. The first-order chi connectivity index (χ1) is 33.4. The smallest absolute Gasteiger partial charge is 0.303 e. The van der Waals surface area contributed by atoms with Crippen LogP contribution in [0.15, 0.2) is 0 Å². The van der Waals surface area contributed by atoms with Gasteiger partial charge in [-0.05, 0) is 69.7 Å². The van der Waals surface area contributed by atoms with Crippen molar-refractivity contribution >= 4 is 76.9 Å². The number of carbonyl (C=O) groups excluding carboxylic acids is 11. The molecule has 0 unspecified atom stereocenters. The minimum Gasteiger partial charge on any atom is -0.481 e. The lowest BCUT2D eigenvalue weighted by Gasteiger charge is -2.29. The van der Waals surface area contributed by atoms with Crippen molar-refractivity contribution in [2.75, 3.05) is 6.54 Å². The van der Waals surface area contributed by atoms with Gasteiger partial charge in [-0.1, -0.05) is 48.0 Å². The van der Waals surface area contributed by atoms with E-state index in [4.69, 9.17) is 33.8 Å². The van der Waals surface area contributed by atoms with E-state index < -0.39 is 182 Å². The van der Waals surface area contributed by atoms with Gasteiger partial charge in [0.2, 0.25) is 65.0 Å². The third-order valence-electron chi connectivity index (χ3n) is 11.1. The molecule has 72 heavy (non-hydrogen) atoms. The van der Waals surface area contributed by atoms with Gasteiger partial charge < -0.3 is 81.4 Å². The number of nitrogens with two attached hydrogens (primary N) is 5. The van der Waals surface area contributed by atoms with Crippen molar-refractivity contribution in [3.8, 4) is 0 Å². The van der Waals surface area contributed by atoms with Crippen molar-refractivity contribution in [3.63, 3.8) is 0 Å². The highest BCUT2D eigenvalue weighted by Gasteiger charge is 2.36. The van der Waals surface area contributed by atoms with Gasteiger partial charge in [0.1, 0.15) is 48.3 Å². The molecule has 408 valence electrons. The molecule has 0 fully saturated rings. The Hall–Kier alpha value is -6.97. The van der Waals surface area contributed by atoms with Gasteiger partial charge in [-0.25, -0.2) is 0 Å². The second kappa shape index (κ2) is 32.8. The summed E-state index contributed by atoms with van der Waals surface area (Å²) in [7, 11) is 0. The van der Waals surface area contributed by atoms with Crippen molar-refractivity contribution in [1.82, 2.24) is 42.5 Å². The molecule has 0 saturated carbocycles.